The van der Waals surface area contributed by atoms with Gasteiger partial charge in [-0.05, 0) is 39.3 Å². The van der Waals surface area contributed by atoms with Crippen LogP contribution in [-0.2, 0) is 4.74 Å². The third-order valence-corrected chi connectivity index (χ3v) is 4.61. The molecule has 1 aromatic rings. The van der Waals surface area contributed by atoms with E-state index in [0.29, 0.717) is 12.1 Å². The van der Waals surface area contributed by atoms with Gasteiger partial charge in [0.25, 0.3) is 0 Å². The van der Waals surface area contributed by atoms with Gasteiger partial charge < -0.3 is 14.6 Å². The maximum absolute atomic E-state index is 9.72. The summed E-state index contributed by atoms with van der Waals surface area (Å²) < 4.78 is 11.6. The number of phenolic OH excluding ortho intramolecular Hbond substituents is 1. The molecular weight excluding hydrogens is 266 g/mol. The molecule has 21 heavy (non-hydrogen) atoms. The summed E-state index contributed by atoms with van der Waals surface area (Å²) in [6.07, 6.45) is 3.60. The summed E-state index contributed by atoms with van der Waals surface area (Å²) in [6.45, 7) is 6.30. The van der Waals surface area contributed by atoms with E-state index >= 15 is 0 Å². The number of aromatic hydroxyl groups is 1. The van der Waals surface area contributed by atoms with Gasteiger partial charge in [0.2, 0.25) is 0 Å². The van der Waals surface area contributed by atoms with Crippen LogP contribution in [0, 0.1) is 0 Å². The molecule has 4 heteroatoms. The Balaban J connectivity index is 1.91. The second kappa shape index (κ2) is 5.50. The zero-order valence-corrected chi connectivity index (χ0v) is 13.1. The fourth-order valence-corrected chi connectivity index (χ4v) is 3.57. The summed E-state index contributed by atoms with van der Waals surface area (Å²) in [5, 5.41) is 9.72. The van der Waals surface area contributed by atoms with Gasteiger partial charge in [0.15, 0.2) is 0 Å². The third-order valence-electron chi connectivity index (χ3n) is 4.61. The van der Waals surface area contributed by atoms with Crippen LogP contribution in [0.5, 0.6) is 11.5 Å². The Morgan fingerprint density at radius 3 is 2.95 bits per heavy atom. The van der Waals surface area contributed by atoms with Crippen molar-refractivity contribution in [3.8, 4) is 11.5 Å². The second-order valence-electron chi connectivity index (χ2n) is 6.80. The van der Waals surface area contributed by atoms with Crippen molar-refractivity contribution in [2.24, 2.45) is 0 Å². The molecule has 1 saturated heterocycles. The Kier molecular flexibility index (Phi) is 3.84. The summed E-state index contributed by atoms with van der Waals surface area (Å²) in [6, 6.07) is 5.83. The molecule has 2 unspecified atom stereocenters. The quantitative estimate of drug-likeness (QED) is 0.909. The normalized spacial score (nSPS) is 28.7. The fraction of sp³-hybridized carbons (Fsp3) is 0.647. The van der Waals surface area contributed by atoms with E-state index in [-0.39, 0.29) is 11.4 Å². The average Bonchev–Trinajstić information content (AvgIpc) is 2.45. The SMILES string of the molecule is COC1CCCN(C2CC(C)(C)Oc3cc(O)ccc32)C1. The minimum Gasteiger partial charge on any atom is -0.508 e. The summed E-state index contributed by atoms with van der Waals surface area (Å²) >= 11 is 0. The van der Waals surface area contributed by atoms with Crippen LogP contribution in [0.1, 0.15) is 44.7 Å². The van der Waals surface area contributed by atoms with Gasteiger partial charge in [-0.3, -0.25) is 4.90 Å². The number of rotatable bonds is 2. The Bertz CT molecular complexity index is 515. The number of hydrogen-bond donors (Lipinski definition) is 1. The lowest BCUT2D eigenvalue weighted by Gasteiger charge is -2.45. The topological polar surface area (TPSA) is 41.9 Å². The van der Waals surface area contributed by atoms with Crippen molar-refractivity contribution in [3.05, 3.63) is 23.8 Å². The summed E-state index contributed by atoms with van der Waals surface area (Å²) in [5.74, 6) is 1.08. The highest BCUT2D eigenvalue weighted by Crippen LogP contribution is 2.44. The van der Waals surface area contributed by atoms with Gasteiger partial charge in [-0.2, -0.15) is 0 Å². The van der Waals surface area contributed by atoms with Gasteiger partial charge >= 0.3 is 0 Å². The summed E-state index contributed by atoms with van der Waals surface area (Å²) in [4.78, 5) is 2.51. The number of likely N-dealkylation sites (tertiary alicyclic amines) is 1. The smallest absolute Gasteiger partial charge is 0.128 e. The molecule has 1 aromatic carbocycles. The Morgan fingerprint density at radius 2 is 2.19 bits per heavy atom. The molecule has 0 saturated carbocycles. The lowest BCUT2D eigenvalue weighted by molar-refractivity contribution is -0.0186. The number of piperidine rings is 1. The highest BCUT2D eigenvalue weighted by molar-refractivity contribution is 5.44. The molecule has 0 aliphatic carbocycles. The maximum atomic E-state index is 9.72. The molecule has 2 atom stereocenters. The molecular formula is C17H25NO3. The van der Waals surface area contributed by atoms with Gasteiger partial charge in [-0.15, -0.1) is 0 Å². The van der Waals surface area contributed by atoms with Crippen molar-refractivity contribution >= 4 is 0 Å². The number of ether oxygens (including phenoxy) is 2. The van der Waals surface area contributed by atoms with Crippen LogP contribution in [0.25, 0.3) is 0 Å². The van der Waals surface area contributed by atoms with Gasteiger partial charge in [-0.1, -0.05) is 6.07 Å². The van der Waals surface area contributed by atoms with Crippen LogP contribution in [0.3, 0.4) is 0 Å². The first-order chi connectivity index (χ1) is 9.98. The Morgan fingerprint density at radius 1 is 1.38 bits per heavy atom. The minimum atomic E-state index is -0.217. The highest BCUT2D eigenvalue weighted by atomic mass is 16.5. The number of nitrogens with zero attached hydrogens (tertiary/aromatic N) is 1. The van der Waals surface area contributed by atoms with E-state index in [1.165, 1.54) is 12.0 Å². The van der Waals surface area contributed by atoms with Crippen LogP contribution in [0.4, 0.5) is 0 Å². The monoisotopic (exact) mass is 291 g/mol. The predicted molar refractivity (Wildman–Crippen MR) is 81.8 cm³/mol. The summed E-state index contributed by atoms with van der Waals surface area (Å²) in [7, 11) is 1.80. The van der Waals surface area contributed by atoms with Crippen molar-refractivity contribution in [1.29, 1.82) is 0 Å². The molecule has 0 radical (unpaired) electrons. The molecule has 0 spiro atoms. The molecule has 0 bridgehead atoms. The van der Waals surface area contributed by atoms with Crippen LogP contribution in [-0.4, -0.2) is 41.9 Å². The lowest BCUT2D eigenvalue weighted by atomic mass is 9.87. The molecule has 2 aliphatic heterocycles. The second-order valence-corrected chi connectivity index (χ2v) is 6.80. The molecule has 1 fully saturated rings. The van der Waals surface area contributed by atoms with Crippen molar-refractivity contribution in [2.75, 3.05) is 20.2 Å². The molecule has 0 amide bonds. The van der Waals surface area contributed by atoms with Crippen molar-refractivity contribution in [3.63, 3.8) is 0 Å². The van der Waals surface area contributed by atoms with E-state index in [1.807, 2.05) is 6.07 Å². The van der Waals surface area contributed by atoms with Gasteiger partial charge in [-0.25, -0.2) is 0 Å². The van der Waals surface area contributed by atoms with Crippen molar-refractivity contribution < 1.29 is 14.6 Å². The summed E-state index contributed by atoms with van der Waals surface area (Å²) in [5.41, 5.74) is 0.967. The van der Waals surface area contributed by atoms with Crippen LogP contribution in [0.15, 0.2) is 18.2 Å². The van der Waals surface area contributed by atoms with E-state index in [9.17, 15) is 5.11 Å². The first kappa shape index (κ1) is 14.7. The molecule has 2 heterocycles. The fourth-order valence-electron chi connectivity index (χ4n) is 3.57. The van der Waals surface area contributed by atoms with E-state index in [0.717, 1.165) is 31.7 Å². The molecule has 0 aromatic heterocycles. The third kappa shape index (κ3) is 3.01. The molecule has 4 nitrogen and oxygen atoms in total. The first-order valence-corrected chi connectivity index (χ1v) is 7.77. The van der Waals surface area contributed by atoms with Gasteiger partial charge in [0, 0.05) is 37.7 Å². The maximum Gasteiger partial charge on any atom is 0.128 e. The standard InChI is InChI=1S/C17H25NO3/c1-17(2)10-15(18-8-4-5-13(11-18)20-3)14-7-6-12(19)9-16(14)21-17/h6-7,9,13,15,19H,4-5,8,10-11H2,1-3H3. The zero-order chi connectivity index (χ0) is 15.0. The molecule has 2 aliphatic rings. The Labute approximate surface area is 126 Å². The van der Waals surface area contributed by atoms with Gasteiger partial charge in [0.05, 0.1) is 6.10 Å². The number of benzene rings is 1. The van der Waals surface area contributed by atoms with E-state index in [2.05, 4.69) is 18.7 Å². The van der Waals surface area contributed by atoms with Gasteiger partial charge in [0.1, 0.15) is 17.1 Å². The minimum absolute atomic E-state index is 0.217. The predicted octanol–water partition coefficient (Wildman–Crippen LogP) is 3.11. The molecule has 3 rings (SSSR count). The zero-order valence-electron chi connectivity index (χ0n) is 13.1. The number of hydrogen-bond acceptors (Lipinski definition) is 4. The van der Waals surface area contributed by atoms with Crippen LogP contribution < -0.4 is 4.74 Å². The number of phenols is 1. The number of methoxy groups -OCH3 is 1. The van der Waals surface area contributed by atoms with Crippen molar-refractivity contribution in [1.82, 2.24) is 4.90 Å². The Hall–Kier alpha value is -1.26. The van der Waals surface area contributed by atoms with Crippen LogP contribution >= 0.6 is 0 Å². The first-order valence-electron chi connectivity index (χ1n) is 7.77. The van der Waals surface area contributed by atoms with Crippen LogP contribution in [0.2, 0.25) is 0 Å². The molecule has 1 N–H and O–H groups in total. The highest BCUT2D eigenvalue weighted by Gasteiger charge is 2.38. The largest absolute Gasteiger partial charge is 0.508 e. The van der Waals surface area contributed by atoms with E-state index in [1.54, 1.807) is 19.2 Å². The van der Waals surface area contributed by atoms with Crippen molar-refractivity contribution in [2.45, 2.75) is 50.9 Å². The average molecular weight is 291 g/mol. The molecule has 116 valence electrons. The van der Waals surface area contributed by atoms with E-state index < -0.39 is 0 Å². The lowest BCUT2D eigenvalue weighted by Crippen LogP contribution is -2.46. The van der Waals surface area contributed by atoms with E-state index in [4.69, 9.17) is 9.47 Å². The number of fused-ring (bicyclic) bond motifs is 1.